The highest BCUT2D eigenvalue weighted by atomic mass is 79.9. The van der Waals surface area contributed by atoms with E-state index in [1.165, 1.54) is 9.35 Å². The molecule has 1 fully saturated rings. The van der Waals surface area contributed by atoms with Gasteiger partial charge in [-0.05, 0) is 54.2 Å². The second kappa shape index (κ2) is 7.90. The first-order chi connectivity index (χ1) is 9.63. The Hall–Kier alpha value is 0.0600. The molecular weight excluding hydrogens is 336 g/mol. The molecule has 0 saturated carbocycles. The molecule has 1 aliphatic heterocycles. The molecule has 0 aliphatic carbocycles. The lowest BCUT2D eigenvalue weighted by molar-refractivity contribution is -0.0556. The minimum Gasteiger partial charge on any atom is -0.374 e. The highest BCUT2D eigenvalue weighted by Gasteiger charge is 2.31. The van der Waals surface area contributed by atoms with Gasteiger partial charge >= 0.3 is 0 Å². The first-order valence-corrected chi connectivity index (χ1v) is 9.12. The maximum Gasteiger partial charge on any atom is 0.0905 e. The Labute approximate surface area is 134 Å². The summed E-state index contributed by atoms with van der Waals surface area (Å²) in [5.41, 5.74) is 0. The summed E-state index contributed by atoms with van der Waals surface area (Å²) in [5.74, 6) is 0. The summed E-state index contributed by atoms with van der Waals surface area (Å²) in [4.78, 5) is 3.87. The van der Waals surface area contributed by atoms with E-state index in [1.807, 2.05) is 0 Å². The number of morpholine rings is 1. The van der Waals surface area contributed by atoms with Crippen molar-refractivity contribution in [1.29, 1.82) is 0 Å². The minimum atomic E-state index is 0.229. The Morgan fingerprint density at radius 1 is 1.55 bits per heavy atom. The van der Waals surface area contributed by atoms with Crippen LogP contribution in [0.3, 0.4) is 0 Å². The van der Waals surface area contributed by atoms with Gasteiger partial charge in [0.25, 0.3) is 0 Å². The number of rotatable bonds is 6. The Morgan fingerprint density at radius 2 is 2.35 bits per heavy atom. The van der Waals surface area contributed by atoms with Crippen LogP contribution in [0.1, 0.15) is 38.1 Å². The number of nitrogens with zero attached hydrogens (tertiary/aromatic N) is 1. The standard InChI is InChI=1S/C15H25BrN2OS/c1-4-6-17-14(15-12(16)5-9-20-15)13-10-18(11(2)3)7-8-19-13/h5,9,11,13-14,17H,4,6-8,10H2,1-3H3. The van der Waals surface area contributed by atoms with Crippen LogP contribution in [0.4, 0.5) is 0 Å². The van der Waals surface area contributed by atoms with Gasteiger partial charge < -0.3 is 10.1 Å². The zero-order chi connectivity index (χ0) is 14.5. The average molecular weight is 361 g/mol. The molecule has 2 heterocycles. The predicted octanol–water partition coefficient (Wildman–Crippen LogP) is 3.66. The van der Waals surface area contributed by atoms with Crippen molar-refractivity contribution in [1.82, 2.24) is 10.2 Å². The van der Waals surface area contributed by atoms with E-state index in [1.54, 1.807) is 11.3 Å². The molecule has 5 heteroatoms. The quantitative estimate of drug-likeness (QED) is 0.837. The van der Waals surface area contributed by atoms with E-state index in [-0.39, 0.29) is 12.1 Å². The average Bonchev–Trinajstić information content (AvgIpc) is 2.86. The van der Waals surface area contributed by atoms with Gasteiger partial charge in [0.05, 0.1) is 18.8 Å². The lowest BCUT2D eigenvalue weighted by Crippen LogP contribution is -2.50. The highest BCUT2D eigenvalue weighted by Crippen LogP contribution is 2.33. The van der Waals surface area contributed by atoms with Gasteiger partial charge in [-0.15, -0.1) is 11.3 Å². The summed E-state index contributed by atoms with van der Waals surface area (Å²) >= 11 is 5.47. The molecule has 1 aromatic rings. The molecule has 0 radical (unpaired) electrons. The number of hydrogen-bond donors (Lipinski definition) is 1. The molecule has 0 aromatic carbocycles. The third-order valence-corrected chi connectivity index (χ3v) is 5.72. The van der Waals surface area contributed by atoms with Crippen LogP contribution in [0.2, 0.25) is 0 Å². The fraction of sp³-hybridized carbons (Fsp3) is 0.733. The second-order valence-electron chi connectivity index (χ2n) is 5.56. The summed E-state index contributed by atoms with van der Waals surface area (Å²) < 4.78 is 7.27. The molecule has 1 aromatic heterocycles. The van der Waals surface area contributed by atoms with Crippen LogP contribution < -0.4 is 5.32 Å². The summed E-state index contributed by atoms with van der Waals surface area (Å²) in [6.45, 7) is 10.6. The van der Waals surface area contributed by atoms with Crippen molar-refractivity contribution in [3.8, 4) is 0 Å². The smallest absolute Gasteiger partial charge is 0.0905 e. The van der Waals surface area contributed by atoms with Crippen LogP contribution >= 0.6 is 27.3 Å². The number of hydrogen-bond acceptors (Lipinski definition) is 4. The van der Waals surface area contributed by atoms with E-state index in [0.717, 1.165) is 32.7 Å². The van der Waals surface area contributed by atoms with Crippen molar-refractivity contribution in [2.45, 2.75) is 45.4 Å². The number of halogens is 1. The van der Waals surface area contributed by atoms with Gasteiger partial charge in [-0.25, -0.2) is 0 Å². The zero-order valence-electron chi connectivity index (χ0n) is 12.6. The third kappa shape index (κ3) is 4.04. The molecule has 2 atom stereocenters. The van der Waals surface area contributed by atoms with Crippen molar-refractivity contribution in [3.63, 3.8) is 0 Å². The van der Waals surface area contributed by atoms with E-state index in [0.29, 0.717) is 6.04 Å². The predicted molar refractivity (Wildman–Crippen MR) is 89.5 cm³/mol. The summed E-state index contributed by atoms with van der Waals surface area (Å²) in [7, 11) is 0. The van der Waals surface area contributed by atoms with Gasteiger partial charge in [-0.2, -0.15) is 0 Å². The Morgan fingerprint density at radius 3 is 2.95 bits per heavy atom. The molecule has 20 heavy (non-hydrogen) atoms. The minimum absolute atomic E-state index is 0.229. The number of thiophene rings is 1. The van der Waals surface area contributed by atoms with Gasteiger partial charge in [0, 0.05) is 28.5 Å². The van der Waals surface area contributed by atoms with Gasteiger partial charge in [-0.3, -0.25) is 4.90 Å². The maximum absolute atomic E-state index is 6.08. The molecule has 1 N–H and O–H groups in total. The van der Waals surface area contributed by atoms with Crippen LogP contribution in [0.25, 0.3) is 0 Å². The molecule has 0 amide bonds. The molecular formula is C15H25BrN2OS. The van der Waals surface area contributed by atoms with Crippen LogP contribution in [0.5, 0.6) is 0 Å². The van der Waals surface area contributed by atoms with Crippen LogP contribution in [-0.2, 0) is 4.74 Å². The van der Waals surface area contributed by atoms with Crippen LogP contribution in [0.15, 0.2) is 15.9 Å². The molecule has 0 bridgehead atoms. The first kappa shape index (κ1) is 16.4. The topological polar surface area (TPSA) is 24.5 Å². The van der Waals surface area contributed by atoms with E-state index in [4.69, 9.17) is 4.74 Å². The fourth-order valence-corrected chi connectivity index (χ4v) is 4.33. The molecule has 1 saturated heterocycles. The highest BCUT2D eigenvalue weighted by molar-refractivity contribution is 9.10. The monoisotopic (exact) mass is 360 g/mol. The van der Waals surface area contributed by atoms with Crippen LogP contribution in [0, 0.1) is 0 Å². The molecule has 0 spiro atoms. The number of ether oxygens (including phenoxy) is 1. The van der Waals surface area contributed by atoms with E-state index >= 15 is 0 Å². The fourth-order valence-electron chi connectivity index (χ4n) is 2.59. The van der Waals surface area contributed by atoms with E-state index < -0.39 is 0 Å². The lowest BCUT2D eigenvalue weighted by Gasteiger charge is -2.39. The molecule has 2 unspecified atom stereocenters. The van der Waals surface area contributed by atoms with Crippen molar-refractivity contribution in [2.24, 2.45) is 0 Å². The summed E-state index contributed by atoms with van der Waals surface area (Å²) in [6.07, 6.45) is 1.37. The van der Waals surface area contributed by atoms with Crippen molar-refractivity contribution >= 4 is 27.3 Å². The Bertz CT molecular complexity index is 410. The summed E-state index contributed by atoms with van der Waals surface area (Å²) in [6, 6.07) is 3.00. The SMILES string of the molecule is CCCNC(c1sccc1Br)C1CN(C(C)C)CCO1. The molecule has 3 nitrogen and oxygen atoms in total. The Kier molecular flexibility index (Phi) is 6.49. The van der Waals surface area contributed by atoms with Gasteiger partial charge in [0.15, 0.2) is 0 Å². The molecule has 114 valence electrons. The van der Waals surface area contributed by atoms with Gasteiger partial charge in [0.2, 0.25) is 0 Å². The number of nitrogens with one attached hydrogen (secondary N) is 1. The first-order valence-electron chi connectivity index (χ1n) is 7.45. The van der Waals surface area contributed by atoms with Crippen molar-refractivity contribution in [2.75, 3.05) is 26.2 Å². The normalized spacial score (nSPS) is 22.4. The second-order valence-corrected chi connectivity index (χ2v) is 7.36. The van der Waals surface area contributed by atoms with Gasteiger partial charge in [-0.1, -0.05) is 6.92 Å². The van der Waals surface area contributed by atoms with E-state index in [9.17, 15) is 0 Å². The van der Waals surface area contributed by atoms with Crippen molar-refractivity contribution < 1.29 is 4.74 Å². The van der Waals surface area contributed by atoms with Crippen molar-refractivity contribution in [3.05, 3.63) is 20.8 Å². The molecule has 2 rings (SSSR count). The lowest BCUT2D eigenvalue weighted by atomic mass is 10.1. The van der Waals surface area contributed by atoms with E-state index in [2.05, 4.69) is 58.4 Å². The molecule has 1 aliphatic rings. The summed E-state index contributed by atoms with van der Waals surface area (Å²) in [5, 5.41) is 5.81. The Balaban J connectivity index is 2.12. The van der Waals surface area contributed by atoms with Crippen LogP contribution in [-0.4, -0.2) is 43.3 Å². The maximum atomic E-state index is 6.08. The van der Waals surface area contributed by atoms with Gasteiger partial charge in [0.1, 0.15) is 0 Å². The largest absolute Gasteiger partial charge is 0.374 e. The third-order valence-electron chi connectivity index (χ3n) is 3.77. The zero-order valence-corrected chi connectivity index (χ0v) is 15.0.